The van der Waals surface area contributed by atoms with Crippen LogP contribution in [0.5, 0.6) is 0 Å². The molecule has 8 heteroatoms. The zero-order valence-electron chi connectivity index (χ0n) is 13.1. The predicted octanol–water partition coefficient (Wildman–Crippen LogP) is 1.07. The van der Waals surface area contributed by atoms with Gasteiger partial charge in [-0.3, -0.25) is 4.79 Å². The highest BCUT2D eigenvalue weighted by molar-refractivity contribution is 7.89. The largest absolute Gasteiger partial charge is 0.455 e. The van der Waals surface area contributed by atoms with Crippen LogP contribution in [0.1, 0.15) is 34.3 Å². The van der Waals surface area contributed by atoms with Crippen molar-refractivity contribution < 1.29 is 17.6 Å². The molecule has 3 rings (SSSR count). The summed E-state index contributed by atoms with van der Waals surface area (Å²) in [5.41, 5.74) is 0.975. The lowest BCUT2D eigenvalue weighted by Gasteiger charge is -2.24. The number of aromatic nitrogens is 2. The van der Waals surface area contributed by atoms with Gasteiger partial charge in [-0.2, -0.15) is 0 Å². The highest BCUT2D eigenvalue weighted by Gasteiger charge is 2.23. The van der Waals surface area contributed by atoms with E-state index in [1.807, 2.05) is 13.1 Å². The quantitative estimate of drug-likeness (QED) is 0.901. The maximum absolute atomic E-state index is 12.2. The number of aryl methyl sites for hydroxylation is 2. The maximum atomic E-state index is 12.2. The summed E-state index contributed by atoms with van der Waals surface area (Å²) in [7, 11) is -3.18. The Hall–Kier alpha value is -2.09. The van der Waals surface area contributed by atoms with Gasteiger partial charge in [-0.25, -0.2) is 13.4 Å². The highest BCUT2D eigenvalue weighted by atomic mass is 32.2. The normalized spacial score (nSPS) is 17.7. The molecule has 1 aliphatic rings. The molecule has 0 radical (unpaired) electrons. The van der Waals surface area contributed by atoms with E-state index in [2.05, 4.69) is 14.9 Å². The lowest BCUT2D eigenvalue weighted by molar-refractivity contribution is 0.0898. The monoisotopic (exact) mass is 337 g/mol. The Balaban J connectivity index is 1.64. The second-order valence-corrected chi connectivity index (χ2v) is 8.14. The van der Waals surface area contributed by atoms with E-state index >= 15 is 0 Å². The Kier molecular flexibility index (Phi) is 4.01. The van der Waals surface area contributed by atoms with Crippen molar-refractivity contribution in [2.24, 2.45) is 0 Å². The summed E-state index contributed by atoms with van der Waals surface area (Å²) in [5.74, 6) is 0.919. The number of carbonyl (C=O) groups excluding carboxylic acids is 1. The second kappa shape index (κ2) is 5.84. The lowest BCUT2D eigenvalue weighted by atomic mass is 10.1. The van der Waals surface area contributed by atoms with E-state index in [1.165, 1.54) is 12.1 Å². The minimum absolute atomic E-state index is 0.00653. The molecule has 7 nitrogen and oxygen atoms in total. The van der Waals surface area contributed by atoms with Gasteiger partial charge in [-0.15, -0.1) is 0 Å². The molecule has 3 heterocycles. The molecule has 1 atom stereocenters. The maximum Gasteiger partial charge on any atom is 0.287 e. The summed E-state index contributed by atoms with van der Waals surface area (Å²) in [6.45, 7) is 2.63. The van der Waals surface area contributed by atoms with Crippen LogP contribution in [0.3, 0.4) is 0 Å². The van der Waals surface area contributed by atoms with Gasteiger partial charge in [0.2, 0.25) is 0 Å². The van der Waals surface area contributed by atoms with Crippen molar-refractivity contribution in [2.75, 3.05) is 6.26 Å². The highest BCUT2D eigenvalue weighted by Crippen LogP contribution is 2.16. The standard InChI is InChI=1S/C15H19N3O4S/c1-10-7-18-8-11(3-6-14(18)16-10)17-15(19)13-5-4-12(22-13)9-23(2,20)21/h4-5,7,11H,3,6,8-9H2,1-2H3,(H,17,19)/t11-/m1/s1. The molecule has 0 spiro atoms. The first kappa shape index (κ1) is 15.8. The molecule has 124 valence electrons. The summed E-state index contributed by atoms with van der Waals surface area (Å²) in [5, 5.41) is 2.93. The molecule has 0 fully saturated rings. The molecule has 0 bridgehead atoms. The Labute approximate surface area is 134 Å². The van der Waals surface area contributed by atoms with E-state index in [9.17, 15) is 13.2 Å². The van der Waals surface area contributed by atoms with E-state index in [0.29, 0.717) is 6.54 Å². The third-order valence-electron chi connectivity index (χ3n) is 3.74. The van der Waals surface area contributed by atoms with Crippen LogP contribution in [0.15, 0.2) is 22.7 Å². The topological polar surface area (TPSA) is 94.2 Å². The number of hydrogen-bond donors (Lipinski definition) is 1. The molecule has 0 saturated carbocycles. The number of hydrogen-bond acceptors (Lipinski definition) is 5. The molecule has 0 unspecified atom stereocenters. The van der Waals surface area contributed by atoms with Gasteiger partial charge in [-0.1, -0.05) is 0 Å². The number of fused-ring (bicyclic) bond motifs is 1. The van der Waals surface area contributed by atoms with Crippen molar-refractivity contribution in [2.45, 2.75) is 38.1 Å². The lowest BCUT2D eigenvalue weighted by Crippen LogP contribution is -2.40. The predicted molar refractivity (Wildman–Crippen MR) is 83.8 cm³/mol. The zero-order valence-corrected chi connectivity index (χ0v) is 13.9. The minimum Gasteiger partial charge on any atom is -0.455 e. The molecular formula is C15H19N3O4S. The number of nitrogens with zero attached hydrogens (tertiary/aromatic N) is 2. The molecule has 1 amide bonds. The van der Waals surface area contributed by atoms with Gasteiger partial charge in [0.25, 0.3) is 5.91 Å². The van der Waals surface area contributed by atoms with Gasteiger partial charge in [0.05, 0.1) is 5.69 Å². The van der Waals surface area contributed by atoms with Crippen LogP contribution in [-0.4, -0.2) is 36.2 Å². The molecule has 23 heavy (non-hydrogen) atoms. The van der Waals surface area contributed by atoms with Gasteiger partial charge in [0, 0.05) is 31.5 Å². The molecule has 2 aromatic rings. The molecule has 0 saturated heterocycles. The van der Waals surface area contributed by atoms with Crippen LogP contribution in [0.4, 0.5) is 0 Å². The van der Waals surface area contributed by atoms with Gasteiger partial charge in [0.1, 0.15) is 17.3 Å². The summed E-state index contributed by atoms with van der Waals surface area (Å²) in [4.78, 5) is 16.7. The molecular weight excluding hydrogens is 318 g/mol. The van der Waals surface area contributed by atoms with Crippen molar-refractivity contribution in [1.29, 1.82) is 0 Å². The van der Waals surface area contributed by atoms with Gasteiger partial charge < -0.3 is 14.3 Å². The van der Waals surface area contributed by atoms with Crippen LogP contribution in [0, 0.1) is 6.92 Å². The molecule has 1 aliphatic heterocycles. The molecule has 2 aromatic heterocycles. The average molecular weight is 337 g/mol. The first-order valence-electron chi connectivity index (χ1n) is 7.40. The summed E-state index contributed by atoms with van der Waals surface area (Å²) < 4.78 is 29.9. The van der Waals surface area contributed by atoms with Gasteiger partial charge in [-0.05, 0) is 25.5 Å². The number of rotatable bonds is 4. The van der Waals surface area contributed by atoms with Crippen LogP contribution in [-0.2, 0) is 28.6 Å². The van der Waals surface area contributed by atoms with Crippen LogP contribution in [0.2, 0.25) is 0 Å². The number of amides is 1. The summed E-state index contributed by atoms with van der Waals surface area (Å²) in [6, 6.07) is 3.03. The smallest absolute Gasteiger partial charge is 0.287 e. The van der Waals surface area contributed by atoms with E-state index in [1.54, 1.807) is 0 Å². The van der Waals surface area contributed by atoms with E-state index < -0.39 is 9.84 Å². The average Bonchev–Trinajstić information content (AvgIpc) is 3.01. The number of imidazole rings is 1. The Bertz CT molecular complexity index is 835. The molecule has 0 aromatic carbocycles. The molecule has 0 aliphatic carbocycles. The first-order chi connectivity index (χ1) is 10.8. The van der Waals surface area contributed by atoms with Gasteiger partial charge >= 0.3 is 0 Å². The van der Waals surface area contributed by atoms with Gasteiger partial charge in [0.15, 0.2) is 15.6 Å². The fraction of sp³-hybridized carbons (Fsp3) is 0.467. The van der Waals surface area contributed by atoms with E-state index in [4.69, 9.17) is 4.42 Å². The summed E-state index contributed by atoms with van der Waals surface area (Å²) in [6.07, 6.45) is 4.74. The van der Waals surface area contributed by atoms with Crippen LogP contribution < -0.4 is 5.32 Å². The fourth-order valence-corrected chi connectivity index (χ4v) is 3.47. The van der Waals surface area contributed by atoms with Crippen molar-refractivity contribution in [1.82, 2.24) is 14.9 Å². The van der Waals surface area contributed by atoms with Crippen LogP contribution in [0.25, 0.3) is 0 Å². The number of furan rings is 1. The van der Waals surface area contributed by atoms with Crippen molar-refractivity contribution in [3.05, 3.63) is 41.4 Å². The second-order valence-electron chi connectivity index (χ2n) is 6.00. The Morgan fingerprint density at radius 3 is 3.00 bits per heavy atom. The van der Waals surface area contributed by atoms with Crippen molar-refractivity contribution >= 4 is 15.7 Å². The first-order valence-corrected chi connectivity index (χ1v) is 9.46. The molecule has 1 N–H and O–H groups in total. The van der Waals surface area contributed by atoms with Crippen molar-refractivity contribution in [3.63, 3.8) is 0 Å². The number of nitrogens with one attached hydrogen (secondary N) is 1. The zero-order chi connectivity index (χ0) is 16.6. The van der Waals surface area contributed by atoms with Crippen molar-refractivity contribution in [3.8, 4) is 0 Å². The SMILES string of the molecule is Cc1cn2c(n1)CC[C@@H](NC(=O)c1ccc(CS(C)(=O)=O)o1)C2. The fourth-order valence-electron chi connectivity index (χ4n) is 2.80. The number of sulfone groups is 1. The van der Waals surface area contributed by atoms with E-state index in [0.717, 1.165) is 30.6 Å². The minimum atomic E-state index is -3.18. The third kappa shape index (κ3) is 3.82. The Morgan fingerprint density at radius 1 is 1.48 bits per heavy atom. The Morgan fingerprint density at radius 2 is 2.26 bits per heavy atom. The number of carbonyl (C=O) groups is 1. The summed E-state index contributed by atoms with van der Waals surface area (Å²) >= 11 is 0. The third-order valence-corrected chi connectivity index (χ3v) is 4.55. The van der Waals surface area contributed by atoms with Crippen LogP contribution >= 0.6 is 0 Å². The van der Waals surface area contributed by atoms with E-state index in [-0.39, 0.29) is 29.2 Å².